The van der Waals surface area contributed by atoms with Crippen LogP contribution in [0.2, 0.25) is 0 Å². The summed E-state index contributed by atoms with van der Waals surface area (Å²) in [4.78, 5) is 32.4. The highest BCUT2D eigenvalue weighted by Gasteiger charge is 2.26. The summed E-state index contributed by atoms with van der Waals surface area (Å²) in [5.74, 6) is -0.187. The lowest BCUT2D eigenvalue weighted by Crippen LogP contribution is -2.37. The largest absolute Gasteiger partial charge is 0.406 e. The fraction of sp³-hybridized carbons (Fsp3) is 0.538. The Labute approximate surface area is 111 Å². The van der Waals surface area contributed by atoms with Gasteiger partial charge in [-0.25, -0.2) is 9.97 Å². The van der Waals surface area contributed by atoms with Crippen molar-refractivity contribution in [1.82, 2.24) is 14.9 Å². The number of hydrogen-bond donors (Lipinski definition) is 0. The number of piperidine rings is 1. The standard InChI is InChI=1S/C13H17N3O3/c1-2-16-5-3-10(4-6-16)13(18)19-12-8-14-11(9-17)7-15-12/h7-10H,2-6H2,1H3. The summed E-state index contributed by atoms with van der Waals surface area (Å²) in [7, 11) is 0. The number of likely N-dealkylation sites (tertiary alicyclic amines) is 1. The minimum absolute atomic E-state index is 0.0738. The lowest BCUT2D eigenvalue weighted by molar-refractivity contribution is -0.140. The monoisotopic (exact) mass is 263 g/mol. The second-order valence-electron chi connectivity index (χ2n) is 4.53. The van der Waals surface area contributed by atoms with Crippen LogP contribution in [-0.4, -0.2) is 46.8 Å². The lowest BCUT2D eigenvalue weighted by Gasteiger charge is -2.29. The van der Waals surface area contributed by atoms with Crippen molar-refractivity contribution in [2.45, 2.75) is 19.8 Å². The zero-order valence-electron chi connectivity index (χ0n) is 10.9. The molecule has 6 nitrogen and oxygen atoms in total. The number of rotatable bonds is 4. The van der Waals surface area contributed by atoms with E-state index in [0.717, 1.165) is 32.5 Å². The van der Waals surface area contributed by atoms with E-state index < -0.39 is 0 Å². The highest BCUT2D eigenvalue weighted by molar-refractivity contribution is 5.75. The van der Waals surface area contributed by atoms with Crippen molar-refractivity contribution in [2.75, 3.05) is 19.6 Å². The molecule has 0 unspecified atom stereocenters. The van der Waals surface area contributed by atoms with Gasteiger partial charge in [-0.1, -0.05) is 6.92 Å². The van der Waals surface area contributed by atoms with E-state index in [-0.39, 0.29) is 23.5 Å². The molecular formula is C13H17N3O3. The Morgan fingerprint density at radius 1 is 1.42 bits per heavy atom. The maximum atomic E-state index is 11.9. The molecule has 6 heteroatoms. The third-order valence-electron chi connectivity index (χ3n) is 3.34. The maximum absolute atomic E-state index is 11.9. The first-order valence-electron chi connectivity index (χ1n) is 6.44. The molecular weight excluding hydrogens is 246 g/mol. The molecule has 1 fully saturated rings. The zero-order valence-corrected chi connectivity index (χ0v) is 10.9. The summed E-state index contributed by atoms with van der Waals surface area (Å²) < 4.78 is 5.18. The van der Waals surface area contributed by atoms with E-state index in [1.165, 1.54) is 12.4 Å². The van der Waals surface area contributed by atoms with Crippen LogP contribution < -0.4 is 4.74 Å². The molecule has 1 aromatic rings. The first kappa shape index (κ1) is 13.6. The number of carbonyl (C=O) groups is 2. The number of carbonyl (C=O) groups excluding carboxylic acids is 2. The van der Waals surface area contributed by atoms with Crippen molar-refractivity contribution in [3.05, 3.63) is 18.1 Å². The summed E-state index contributed by atoms with van der Waals surface area (Å²) in [6.45, 7) is 4.97. The van der Waals surface area contributed by atoms with Crippen LogP contribution in [-0.2, 0) is 4.79 Å². The normalized spacial score (nSPS) is 17.1. The topological polar surface area (TPSA) is 72.4 Å². The molecule has 0 bridgehead atoms. The van der Waals surface area contributed by atoms with Gasteiger partial charge < -0.3 is 9.64 Å². The van der Waals surface area contributed by atoms with Gasteiger partial charge >= 0.3 is 5.97 Å². The number of esters is 1. The van der Waals surface area contributed by atoms with Gasteiger partial charge in [0.25, 0.3) is 0 Å². The molecule has 0 amide bonds. The lowest BCUT2D eigenvalue weighted by atomic mass is 9.97. The Bertz CT molecular complexity index is 439. The Balaban J connectivity index is 1.88. The molecule has 0 radical (unpaired) electrons. The van der Waals surface area contributed by atoms with Crippen molar-refractivity contribution in [1.29, 1.82) is 0 Å². The summed E-state index contributed by atoms with van der Waals surface area (Å²) in [5.41, 5.74) is 0.219. The first-order valence-corrected chi connectivity index (χ1v) is 6.44. The fourth-order valence-electron chi connectivity index (χ4n) is 2.11. The molecule has 1 aliphatic rings. The van der Waals surface area contributed by atoms with E-state index in [1.54, 1.807) is 0 Å². The van der Waals surface area contributed by atoms with Gasteiger partial charge in [0.15, 0.2) is 6.29 Å². The molecule has 2 heterocycles. The highest BCUT2D eigenvalue weighted by atomic mass is 16.5. The average Bonchev–Trinajstić information content (AvgIpc) is 2.48. The van der Waals surface area contributed by atoms with Crippen molar-refractivity contribution in [3.63, 3.8) is 0 Å². The summed E-state index contributed by atoms with van der Waals surface area (Å²) in [6, 6.07) is 0. The molecule has 0 N–H and O–H groups in total. The molecule has 1 aliphatic heterocycles. The molecule has 0 spiro atoms. The smallest absolute Gasteiger partial charge is 0.315 e. The molecule has 1 aromatic heterocycles. The van der Waals surface area contributed by atoms with Crippen LogP contribution in [0.4, 0.5) is 0 Å². The van der Waals surface area contributed by atoms with E-state index >= 15 is 0 Å². The SMILES string of the molecule is CCN1CCC(C(=O)Oc2cnc(C=O)cn2)CC1. The van der Waals surface area contributed by atoms with Crippen LogP contribution in [0, 0.1) is 5.92 Å². The summed E-state index contributed by atoms with van der Waals surface area (Å²) in [5, 5.41) is 0. The van der Waals surface area contributed by atoms with Crippen LogP contribution in [0.1, 0.15) is 30.3 Å². The quantitative estimate of drug-likeness (QED) is 0.594. The Hall–Kier alpha value is -1.82. The highest BCUT2D eigenvalue weighted by Crippen LogP contribution is 2.19. The van der Waals surface area contributed by atoms with Gasteiger partial charge in [0.05, 0.1) is 18.3 Å². The van der Waals surface area contributed by atoms with Crippen LogP contribution in [0.25, 0.3) is 0 Å². The van der Waals surface area contributed by atoms with Crippen molar-refractivity contribution >= 4 is 12.3 Å². The van der Waals surface area contributed by atoms with Crippen LogP contribution in [0.3, 0.4) is 0 Å². The Morgan fingerprint density at radius 3 is 2.68 bits per heavy atom. The van der Waals surface area contributed by atoms with E-state index in [2.05, 4.69) is 21.8 Å². The van der Waals surface area contributed by atoms with Gasteiger partial charge in [0.2, 0.25) is 5.88 Å². The molecule has 19 heavy (non-hydrogen) atoms. The third-order valence-corrected chi connectivity index (χ3v) is 3.34. The zero-order chi connectivity index (χ0) is 13.7. The number of aldehydes is 1. The number of nitrogens with zero attached hydrogens (tertiary/aromatic N) is 3. The predicted octanol–water partition coefficient (Wildman–Crippen LogP) is 0.926. The van der Waals surface area contributed by atoms with E-state index in [0.29, 0.717) is 6.29 Å². The maximum Gasteiger partial charge on any atom is 0.315 e. The van der Waals surface area contributed by atoms with Crippen molar-refractivity contribution in [2.24, 2.45) is 5.92 Å². The van der Waals surface area contributed by atoms with Crippen LogP contribution >= 0.6 is 0 Å². The molecule has 102 valence electrons. The predicted molar refractivity (Wildman–Crippen MR) is 67.9 cm³/mol. The van der Waals surface area contributed by atoms with Crippen molar-refractivity contribution < 1.29 is 14.3 Å². The second kappa shape index (κ2) is 6.38. The molecule has 2 rings (SSSR count). The van der Waals surface area contributed by atoms with Crippen LogP contribution in [0.15, 0.2) is 12.4 Å². The molecule has 0 aromatic carbocycles. The molecule has 0 aliphatic carbocycles. The van der Waals surface area contributed by atoms with Crippen LogP contribution in [0.5, 0.6) is 5.88 Å². The average molecular weight is 263 g/mol. The summed E-state index contributed by atoms with van der Waals surface area (Å²) in [6.07, 6.45) is 4.80. The van der Waals surface area contributed by atoms with Gasteiger partial charge in [-0.3, -0.25) is 9.59 Å². The van der Waals surface area contributed by atoms with Gasteiger partial charge in [-0.05, 0) is 32.5 Å². The van der Waals surface area contributed by atoms with E-state index in [9.17, 15) is 9.59 Å². The number of hydrogen-bond acceptors (Lipinski definition) is 6. The van der Waals surface area contributed by atoms with Gasteiger partial charge in [-0.2, -0.15) is 0 Å². The Morgan fingerprint density at radius 2 is 2.16 bits per heavy atom. The molecule has 0 atom stereocenters. The first-order chi connectivity index (χ1) is 9.22. The summed E-state index contributed by atoms with van der Waals surface area (Å²) >= 11 is 0. The van der Waals surface area contributed by atoms with E-state index in [1.807, 2.05) is 0 Å². The van der Waals surface area contributed by atoms with Gasteiger partial charge in [-0.15, -0.1) is 0 Å². The van der Waals surface area contributed by atoms with Gasteiger partial charge in [0, 0.05) is 0 Å². The molecule has 1 saturated heterocycles. The minimum atomic E-state index is -0.260. The van der Waals surface area contributed by atoms with Crippen molar-refractivity contribution in [3.8, 4) is 5.88 Å². The second-order valence-corrected chi connectivity index (χ2v) is 4.53. The van der Waals surface area contributed by atoms with Gasteiger partial charge in [0.1, 0.15) is 5.69 Å². The fourth-order valence-corrected chi connectivity index (χ4v) is 2.11. The minimum Gasteiger partial charge on any atom is -0.406 e. The van der Waals surface area contributed by atoms with E-state index in [4.69, 9.17) is 4.74 Å². The third kappa shape index (κ3) is 3.57. The number of aromatic nitrogens is 2. The number of ether oxygens (including phenoxy) is 1. The Kier molecular flexibility index (Phi) is 4.57. The molecule has 0 saturated carbocycles.